The number of nitrogens with one attached hydrogen (secondary N) is 1. The van der Waals surface area contributed by atoms with E-state index in [4.69, 9.17) is 0 Å². The number of nitrogens with zero attached hydrogens (tertiary/aromatic N) is 1. The first-order valence-corrected chi connectivity index (χ1v) is 7.80. The summed E-state index contributed by atoms with van der Waals surface area (Å²) < 4.78 is 39.1. The Kier molecular flexibility index (Phi) is 3.30. The third-order valence-corrected chi connectivity index (χ3v) is 4.43. The van der Waals surface area contributed by atoms with Crippen molar-refractivity contribution in [3.05, 3.63) is 65.2 Å². The summed E-state index contributed by atoms with van der Waals surface area (Å²) in [4.78, 5) is 14.5. The summed E-state index contributed by atoms with van der Waals surface area (Å²) >= 11 is 0. The average molecular weight is 332 g/mol. The number of anilines is 1. The van der Waals surface area contributed by atoms with Gasteiger partial charge in [-0.25, -0.2) is 0 Å². The fraction of sp³-hybridized carbons (Fsp3) is 0.278. The van der Waals surface area contributed by atoms with Crippen LogP contribution in [0.1, 0.15) is 40.5 Å². The zero-order valence-electron chi connectivity index (χ0n) is 12.7. The Morgan fingerprint density at radius 3 is 2.50 bits per heavy atom. The van der Waals surface area contributed by atoms with Crippen LogP contribution in [-0.2, 0) is 6.18 Å². The Hall–Kier alpha value is -2.50. The first kappa shape index (κ1) is 15.1. The predicted octanol–water partition coefficient (Wildman–Crippen LogP) is 4.43. The molecule has 1 aliphatic heterocycles. The van der Waals surface area contributed by atoms with E-state index in [2.05, 4.69) is 5.32 Å². The normalized spacial score (nSPS) is 20.5. The molecule has 2 aliphatic rings. The Labute approximate surface area is 137 Å². The third-order valence-electron chi connectivity index (χ3n) is 4.43. The van der Waals surface area contributed by atoms with E-state index in [9.17, 15) is 18.0 Å². The van der Waals surface area contributed by atoms with Crippen LogP contribution in [0.15, 0.2) is 48.5 Å². The molecule has 124 valence electrons. The molecule has 0 spiro atoms. The summed E-state index contributed by atoms with van der Waals surface area (Å²) in [7, 11) is 0. The second kappa shape index (κ2) is 5.26. The van der Waals surface area contributed by atoms with Gasteiger partial charge in [0.15, 0.2) is 0 Å². The Bertz CT molecular complexity index is 799. The van der Waals surface area contributed by atoms with Gasteiger partial charge in [0.05, 0.1) is 11.1 Å². The van der Waals surface area contributed by atoms with Crippen molar-refractivity contribution in [2.45, 2.75) is 31.2 Å². The first-order chi connectivity index (χ1) is 11.4. The first-order valence-electron chi connectivity index (χ1n) is 7.80. The lowest BCUT2D eigenvalue weighted by Crippen LogP contribution is -2.44. The van der Waals surface area contributed by atoms with E-state index in [0.717, 1.165) is 25.0 Å². The van der Waals surface area contributed by atoms with E-state index < -0.39 is 17.9 Å². The van der Waals surface area contributed by atoms with Crippen molar-refractivity contribution in [2.24, 2.45) is 0 Å². The van der Waals surface area contributed by atoms with E-state index in [1.165, 1.54) is 6.07 Å². The van der Waals surface area contributed by atoms with Gasteiger partial charge >= 0.3 is 6.18 Å². The van der Waals surface area contributed by atoms with Gasteiger partial charge in [0.25, 0.3) is 5.91 Å². The molecular weight excluding hydrogens is 317 g/mol. The van der Waals surface area contributed by atoms with Crippen molar-refractivity contribution in [3.63, 3.8) is 0 Å². The second-order valence-electron chi connectivity index (χ2n) is 6.16. The lowest BCUT2D eigenvalue weighted by atomic mass is 10.0. The molecular formula is C18H15F3N2O. The molecule has 0 unspecified atom stereocenters. The van der Waals surface area contributed by atoms with Crippen LogP contribution < -0.4 is 5.32 Å². The number of rotatable bonds is 2. The standard InChI is InChI=1S/C18H15F3N2O/c19-18(20,21)12-5-3-4-11(10-12)16-22-15-7-2-1-6-14(15)17(24)23(16)13-8-9-13/h1-7,10,13,16,22H,8-9H2/t16-/m1/s1. The fourth-order valence-electron chi connectivity index (χ4n) is 3.13. The molecule has 1 aliphatic carbocycles. The number of amides is 1. The van der Waals surface area contributed by atoms with Gasteiger partial charge in [-0.05, 0) is 42.7 Å². The molecule has 0 aromatic heterocycles. The maximum absolute atomic E-state index is 13.0. The number of halogens is 3. The maximum Gasteiger partial charge on any atom is 0.416 e. The molecule has 4 rings (SSSR count). The van der Waals surface area contributed by atoms with E-state index >= 15 is 0 Å². The lowest BCUT2D eigenvalue weighted by Gasteiger charge is -2.38. The number of benzene rings is 2. The summed E-state index contributed by atoms with van der Waals surface area (Å²) in [6.45, 7) is 0. The Morgan fingerprint density at radius 1 is 1.04 bits per heavy atom. The van der Waals surface area contributed by atoms with Crippen molar-refractivity contribution in [2.75, 3.05) is 5.32 Å². The van der Waals surface area contributed by atoms with Crippen molar-refractivity contribution in [1.82, 2.24) is 4.90 Å². The topological polar surface area (TPSA) is 32.3 Å². The summed E-state index contributed by atoms with van der Waals surface area (Å²) in [6, 6.07) is 12.4. The number of para-hydroxylation sites is 1. The molecule has 2 aromatic rings. The number of hydrogen-bond acceptors (Lipinski definition) is 2. The van der Waals surface area contributed by atoms with Gasteiger partial charge in [-0.1, -0.05) is 24.3 Å². The highest BCUT2D eigenvalue weighted by Crippen LogP contribution is 2.41. The largest absolute Gasteiger partial charge is 0.416 e. The highest BCUT2D eigenvalue weighted by atomic mass is 19.4. The van der Waals surface area contributed by atoms with Crippen LogP contribution in [0.4, 0.5) is 18.9 Å². The maximum atomic E-state index is 13.0. The number of carbonyl (C=O) groups excluding carboxylic acids is 1. The molecule has 1 heterocycles. The molecule has 1 N–H and O–H groups in total. The van der Waals surface area contributed by atoms with Crippen molar-refractivity contribution in [1.29, 1.82) is 0 Å². The molecule has 6 heteroatoms. The van der Waals surface area contributed by atoms with Crippen LogP contribution in [-0.4, -0.2) is 16.8 Å². The van der Waals surface area contributed by atoms with Crippen LogP contribution in [0.5, 0.6) is 0 Å². The molecule has 0 radical (unpaired) electrons. The SMILES string of the molecule is O=C1c2ccccc2N[C@@H](c2cccc(C(F)(F)F)c2)N1C1CC1. The molecule has 0 bridgehead atoms. The van der Waals surface area contributed by atoms with Crippen LogP contribution in [0.3, 0.4) is 0 Å². The van der Waals surface area contributed by atoms with Gasteiger partial charge in [0.1, 0.15) is 6.17 Å². The van der Waals surface area contributed by atoms with E-state index in [1.54, 1.807) is 35.2 Å². The molecule has 2 aromatic carbocycles. The molecule has 0 saturated heterocycles. The minimum atomic E-state index is -4.41. The van der Waals surface area contributed by atoms with Gasteiger partial charge < -0.3 is 10.2 Å². The van der Waals surface area contributed by atoms with Gasteiger partial charge in [0, 0.05) is 11.7 Å². The summed E-state index contributed by atoms with van der Waals surface area (Å²) in [5, 5.41) is 3.23. The highest BCUT2D eigenvalue weighted by molar-refractivity contribution is 6.02. The van der Waals surface area contributed by atoms with Crippen LogP contribution in [0.2, 0.25) is 0 Å². The van der Waals surface area contributed by atoms with Crippen molar-refractivity contribution >= 4 is 11.6 Å². The monoisotopic (exact) mass is 332 g/mol. The second-order valence-corrected chi connectivity index (χ2v) is 6.16. The van der Waals surface area contributed by atoms with Gasteiger partial charge in [-0.2, -0.15) is 13.2 Å². The number of fused-ring (bicyclic) bond motifs is 1. The predicted molar refractivity (Wildman–Crippen MR) is 83.4 cm³/mol. The van der Waals surface area contributed by atoms with Crippen LogP contribution in [0.25, 0.3) is 0 Å². The van der Waals surface area contributed by atoms with E-state index in [-0.39, 0.29) is 11.9 Å². The molecule has 1 fully saturated rings. The summed E-state index contributed by atoms with van der Waals surface area (Å²) in [5.41, 5.74) is 0.956. The van der Waals surface area contributed by atoms with E-state index in [0.29, 0.717) is 16.8 Å². The summed E-state index contributed by atoms with van der Waals surface area (Å²) in [5.74, 6) is -0.130. The minimum absolute atomic E-state index is 0.0814. The average Bonchev–Trinajstić information content (AvgIpc) is 3.39. The minimum Gasteiger partial charge on any atom is -0.361 e. The van der Waals surface area contributed by atoms with Gasteiger partial charge in [0.2, 0.25) is 0 Å². The van der Waals surface area contributed by atoms with Crippen LogP contribution >= 0.6 is 0 Å². The zero-order chi connectivity index (χ0) is 16.9. The third kappa shape index (κ3) is 2.52. The van der Waals surface area contributed by atoms with Crippen molar-refractivity contribution in [3.8, 4) is 0 Å². The number of hydrogen-bond donors (Lipinski definition) is 1. The fourth-order valence-corrected chi connectivity index (χ4v) is 3.13. The Balaban J connectivity index is 1.78. The zero-order valence-corrected chi connectivity index (χ0v) is 12.7. The van der Waals surface area contributed by atoms with Crippen LogP contribution in [0, 0.1) is 0 Å². The van der Waals surface area contributed by atoms with Gasteiger partial charge in [-0.15, -0.1) is 0 Å². The van der Waals surface area contributed by atoms with Crippen molar-refractivity contribution < 1.29 is 18.0 Å². The smallest absolute Gasteiger partial charge is 0.361 e. The quantitative estimate of drug-likeness (QED) is 0.882. The molecule has 1 atom stereocenters. The molecule has 1 amide bonds. The Morgan fingerprint density at radius 2 is 1.79 bits per heavy atom. The molecule has 24 heavy (non-hydrogen) atoms. The molecule has 3 nitrogen and oxygen atoms in total. The molecule has 1 saturated carbocycles. The number of alkyl halides is 3. The van der Waals surface area contributed by atoms with Gasteiger partial charge in [-0.3, -0.25) is 4.79 Å². The van der Waals surface area contributed by atoms with E-state index in [1.807, 2.05) is 0 Å². The lowest BCUT2D eigenvalue weighted by molar-refractivity contribution is -0.137. The number of carbonyl (C=O) groups is 1. The summed E-state index contributed by atoms with van der Waals surface area (Å²) in [6.07, 6.45) is -3.23. The highest BCUT2D eigenvalue weighted by Gasteiger charge is 2.42.